The van der Waals surface area contributed by atoms with E-state index in [-0.39, 0.29) is 24.6 Å². The van der Waals surface area contributed by atoms with Crippen molar-refractivity contribution in [3.8, 4) is 5.75 Å². The van der Waals surface area contributed by atoms with E-state index in [1.807, 2.05) is 43.3 Å². The molecule has 0 saturated heterocycles. The summed E-state index contributed by atoms with van der Waals surface area (Å²) in [5.74, 6) is 0.263. The maximum absolute atomic E-state index is 13.3. The number of nitrogens with zero attached hydrogens (tertiary/aromatic N) is 1. The predicted octanol–water partition coefficient (Wildman–Crippen LogP) is 4.04. The highest BCUT2D eigenvalue weighted by molar-refractivity contribution is 7.92. The molecule has 0 radical (unpaired) electrons. The van der Waals surface area contributed by atoms with Crippen LogP contribution in [0.1, 0.15) is 5.56 Å². The van der Waals surface area contributed by atoms with Crippen LogP contribution in [0.5, 0.6) is 5.75 Å². The van der Waals surface area contributed by atoms with Gasteiger partial charge in [0, 0.05) is 5.02 Å². The van der Waals surface area contributed by atoms with Gasteiger partial charge in [-0.2, -0.15) is 0 Å². The second kappa shape index (κ2) is 10.3. The zero-order valence-corrected chi connectivity index (χ0v) is 18.6. The number of halogens is 1. The van der Waals surface area contributed by atoms with Crippen LogP contribution in [-0.4, -0.2) is 34.0 Å². The van der Waals surface area contributed by atoms with Crippen molar-refractivity contribution in [2.75, 3.05) is 24.0 Å². The molecule has 0 heterocycles. The number of carbonyl (C=O) groups excluding carboxylic acids is 1. The number of amides is 1. The fourth-order valence-corrected chi connectivity index (χ4v) is 4.43. The van der Waals surface area contributed by atoms with Gasteiger partial charge in [-0.15, -0.1) is 0 Å². The Morgan fingerprint density at radius 3 is 2.39 bits per heavy atom. The summed E-state index contributed by atoms with van der Waals surface area (Å²) in [6, 6.07) is 22.1. The molecule has 0 aliphatic heterocycles. The van der Waals surface area contributed by atoms with E-state index in [9.17, 15) is 13.2 Å². The van der Waals surface area contributed by atoms with Crippen molar-refractivity contribution >= 4 is 33.2 Å². The summed E-state index contributed by atoms with van der Waals surface area (Å²) in [5.41, 5.74) is 1.29. The molecule has 1 N–H and O–H groups in total. The van der Waals surface area contributed by atoms with Crippen LogP contribution in [0.3, 0.4) is 0 Å². The van der Waals surface area contributed by atoms with Crippen LogP contribution in [0.4, 0.5) is 5.69 Å². The van der Waals surface area contributed by atoms with Gasteiger partial charge in [0.2, 0.25) is 5.91 Å². The minimum atomic E-state index is -3.97. The second-order valence-corrected chi connectivity index (χ2v) is 9.11. The van der Waals surface area contributed by atoms with Crippen LogP contribution >= 0.6 is 11.6 Å². The van der Waals surface area contributed by atoms with Crippen molar-refractivity contribution < 1.29 is 17.9 Å². The Balaban J connectivity index is 1.72. The van der Waals surface area contributed by atoms with Crippen molar-refractivity contribution in [3.63, 3.8) is 0 Å². The molecule has 6 nitrogen and oxygen atoms in total. The van der Waals surface area contributed by atoms with E-state index in [2.05, 4.69) is 5.32 Å². The SMILES string of the molecule is Cc1cccc(N(CC(=O)NCCOc2ccccc2)S(=O)(=O)c2ccc(Cl)cc2)c1. The van der Waals surface area contributed by atoms with E-state index in [4.69, 9.17) is 16.3 Å². The Hall–Kier alpha value is -3.03. The van der Waals surface area contributed by atoms with Crippen molar-refractivity contribution in [2.24, 2.45) is 0 Å². The first-order valence-electron chi connectivity index (χ1n) is 9.66. The first-order valence-corrected chi connectivity index (χ1v) is 11.5. The third-order valence-electron chi connectivity index (χ3n) is 4.41. The van der Waals surface area contributed by atoms with Crippen molar-refractivity contribution in [1.82, 2.24) is 5.32 Å². The van der Waals surface area contributed by atoms with E-state index in [0.29, 0.717) is 16.5 Å². The second-order valence-electron chi connectivity index (χ2n) is 6.82. The molecule has 0 bridgehead atoms. The molecule has 0 atom stereocenters. The summed E-state index contributed by atoms with van der Waals surface area (Å²) >= 11 is 5.89. The molecule has 0 aliphatic rings. The smallest absolute Gasteiger partial charge is 0.264 e. The standard InChI is InChI=1S/C23H23ClN2O4S/c1-18-6-5-7-20(16-18)26(31(28,29)22-12-10-19(24)11-13-22)17-23(27)25-14-15-30-21-8-3-2-4-9-21/h2-13,16H,14-15,17H2,1H3,(H,25,27). The van der Waals surface area contributed by atoms with Crippen LogP contribution in [-0.2, 0) is 14.8 Å². The number of para-hydroxylation sites is 1. The highest BCUT2D eigenvalue weighted by Gasteiger charge is 2.27. The third-order valence-corrected chi connectivity index (χ3v) is 6.45. The largest absolute Gasteiger partial charge is 0.492 e. The topological polar surface area (TPSA) is 75.7 Å². The lowest BCUT2D eigenvalue weighted by atomic mass is 10.2. The zero-order chi connectivity index (χ0) is 22.3. The first kappa shape index (κ1) is 22.7. The fourth-order valence-electron chi connectivity index (χ4n) is 2.89. The lowest BCUT2D eigenvalue weighted by Crippen LogP contribution is -2.42. The fraction of sp³-hybridized carbons (Fsp3) is 0.174. The maximum atomic E-state index is 13.3. The lowest BCUT2D eigenvalue weighted by Gasteiger charge is -2.24. The Morgan fingerprint density at radius 1 is 1.00 bits per heavy atom. The molecule has 0 spiro atoms. The van der Waals surface area contributed by atoms with Gasteiger partial charge in [-0.25, -0.2) is 8.42 Å². The molecule has 3 rings (SSSR count). The first-order chi connectivity index (χ1) is 14.9. The molecule has 31 heavy (non-hydrogen) atoms. The number of carbonyl (C=O) groups is 1. The number of hydrogen-bond donors (Lipinski definition) is 1. The van der Waals surface area contributed by atoms with Crippen molar-refractivity contribution in [3.05, 3.63) is 89.4 Å². The third kappa shape index (κ3) is 6.23. The molecule has 0 saturated carbocycles. The monoisotopic (exact) mass is 458 g/mol. The average Bonchev–Trinajstić information content (AvgIpc) is 2.76. The Morgan fingerprint density at radius 2 is 1.71 bits per heavy atom. The van der Waals surface area contributed by atoms with Crippen molar-refractivity contribution in [2.45, 2.75) is 11.8 Å². The number of hydrogen-bond acceptors (Lipinski definition) is 4. The molecule has 0 unspecified atom stereocenters. The van der Waals surface area contributed by atoms with Crippen LogP contribution in [0.25, 0.3) is 0 Å². The minimum absolute atomic E-state index is 0.0543. The number of sulfonamides is 1. The summed E-state index contributed by atoms with van der Waals surface area (Å²) in [5, 5.41) is 3.14. The molecule has 0 fully saturated rings. The van der Waals surface area contributed by atoms with Crippen molar-refractivity contribution in [1.29, 1.82) is 0 Å². The molecular weight excluding hydrogens is 436 g/mol. The van der Waals surface area contributed by atoms with E-state index in [1.165, 1.54) is 24.3 Å². The molecular formula is C23H23ClN2O4S. The summed E-state index contributed by atoms with van der Waals surface area (Å²) in [7, 11) is -3.97. The van der Waals surface area contributed by atoms with Gasteiger partial charge in [0.05, 0.1) is 17.1 Å². The van der Waals surface area contributed by atoms with E-state index in [1.54, 1.807) is 18.2 Å². The highest BCUT2D eigenvalue weighted by atomic mass is 35.5. The van der Waals surface area contributed by atoms with Gasteiger partial charge in [-0.05, 0) is 61.0 Å². The quantitative estimate of drug-likeness (QED) is 0.491. The van der Waals surface area contributed by atoms with Crippen LogP contribution in [0, 0.1) is 6.92 Å². The van der Waals surface area contributed by atoms with Crippen LogP contribution in [0.15, 0.2) is 83.8 Å². The molecule has 3 aromatic carbocycles. The number of anilines is 1. The summed E-state index contributed by atoms with van der Waals surface area (Å²) in [4.78, 5) is 12.6. The molecule has 1 amide bonds. The number of rotatable bonds is 9. The lowest BCUT2D eigenvalue weighted by molar-refractivity contribution is -0.119. The molecule has 8 heteroatoms. The van der Waals surface area contributed by atoms with E-state index < -0.39 is 15.9 Å². The van der Waals surface area contributed by atoms with Crippen LogP contribution in [0.2, 0.25) is 5.02 Å². The van der Waals surface area contributed by atoms with Gasteiger partial charge < -0.3 is 10.1 Å². The molecule has 0 aromatic heterocycles. The predicted molar refractivity (Wildman–Crippen MR) is 122 cm³/mol. The van der Waals surface area contributed by atoms with Gasteiger partial charge in [-0.3, -0.25) is 9.10 Å². The van der Waals surface area contributed by atoms with E-state index in [0.717, 1.165) is 9.87 Å². The van der Waals surface area contributed by atoms with Crippen LogP contribution < -0.4 is 14.4 Å². The maximum Gasteiger partial charge on any atom is 0.264 e. The number of benzene rings is 3. The summed E-state index contributed by atoms with van der Waals surface area (Å²) < 4.78 is 33.2. The van der Waals surface area contributed by atoms with E-state index >= 15 is 0 Å². The summed E-state index contributed by atoms with van der Waals surface area (Å²) in [6.45, 7) is 2.01. The molecule has 0 aliphatic carbocycles. The van der Waals surface area contributed by atoms with Gasteiger partial charge in [0.25, 0.3) is 10.0 Å². The molecule has 162 valence electrons. The number of ether oxygens (including phenoxy) is 1. The minimum Gasteiger partial charge on any atom is -0.492 e. The highest BCUT2D eigenvalue weighted by Crippen LogP contribution is 2.25. The Labute approximate surface area is 187 Å². The Kier molecular flexibility index (Phi) is 7.55. The van der Waals surface area contributed by atoms with Gasteiger partial charge >= 0.3 is 0 Å². The van der Waals surface area contributed by atoms with Gasteiger partial charge in [0.1, 0.15) is 18.9 Å². The average molecular weight is 459 g/mol. The normalized spacial score (nSPS) is 11.0. The number of nitrogens with one attached hydrogen (secondary N) is 1. The number of aryl methyl sites for hydroxylation is 1. The molecule has 3 aromatic rings. The van der Waals surface area contributed by atoms with Gasteiger partial charge in [0.15, 0.2) is 0 Å². The zero-order valence-electron chi connectivity index (χ0n) is 17.0. The Bertz CT molecular complexity index is 1120. The summed E-state index contributed by atoms with van der Waals surface area (Å²) in [6.07, 6.45) is 0. The van der Waals surface area contributed by atoms with Gasteiger partial charge in [-0.1, -0.05) is 41.9 Å².